The number of nitrogens with zero attached hydrogens (tertiary/aromatic N) is 3. The second kappa shape index (κ2) is 9.69. The number of fused-ring (bicyclic) bond motifs is 1. The average Bonchev–Trinajstić information content (AvgIpc) is 3.61. The highest BCUT2D eigenvalue weighted by Gasteiger charge is 2.31. The summed E-state index contributed by atoms with van der Waals surface area (Å²) in [5.41, 5.74) is 1.39. The molecule has 0 saturated carbocycles. The Morgan fingerprint density at radius 1 is 0.973 bits per heavy atom. The van der Waals surface area contributed by atoms with Gasteiger partial charge in [0.2, 0.25) is 0 Å². The van der Waals surface area contributed by atoms with Crippen molar-refractivity contribution in [1.29, 1.82) is 0 Å². The van der Waals surface area contributed by atoms with E-state index in [9.17, 15) is 23.6 Å². The summed E-state index contributed by atoms with van der Waals surface area (Å²) in [6.07, 6.45) is 2.65. The van der Waals surface area contributed by atoms with Crippen LogP contribution >= 0.6 is 0 Å². The highest BCUT2D eigenvalue weighted by Crippen LogP contribution is 2.31. The van der Waals surface area contributed by atoms with Crippen LogP contribution in [0.5, 0.6) is 0 Å². The molecule has 1 aliphatic heterocycles. The highest BCUT2D eigenvalue weighted by molar-refractivity contribution is 6.45. The fourth-order valence-electron chi connectivity index (χ4n) is 4.43. The van der Waals surface area contributed by atoms with E-state index < -0.39 is 17.5 Å². The van der Waals surface area contributed by atoms with E-state index in [0.717, 1.165) is 0 Å². The van der Waals surface area contributed by atoms with Gasteiger partial charge in [-0.1, -0.05) is 18.2 Å². The normalized spacial score (nSPS) is 13.6. The molecule has 37 heavy (non-hydrogen) atoms. The largest absolute Gasteiger partial charge is 0.360 e. The predicted octanol–water partition coefficient (Wildman–Crippen LogP) is 2.22. The lowest BCUT2D eigenvalue weighted by Gasteiger charge is -2.34. The number of Topliss-reactive ketones (excluding diaryl/α,β-unsaturated/α-hetero) is 1. The van der Waals surface area contributed by atoms with E-state index in [4.69, 9.17) is 0 Å². The lowest BCUT2D eigenvalue weighted by atomic mass is 10.0. The Bertz CT molecular complexity index is 1520. The number of H-pyrrole nitrogens is 2. The predicted molar refractivity (Wildman–Crippen MR) is 132 cm³/mol. The number of amides is 3. The van der Waals surface area contributed by atoms with Crippen LogP contribution in [-0.4, -0.2) is 81.5 Å². The molecule has 1 aliphatic rings. The molecule has 2 aromatic carbocycles. The molecular formula is C26H23FN6O4. The summed E-state index contributed by atoms with van der Waals surface area (Å²) in [7, 11) is 1.49. The van der Waals surface area contributed by atoms with Crippen LogP contribution in [0.1, 0.15) is 31.2 Å². The third-order valence-corrected chi connectivity index (χ3v) is 6.40. The third-order valence-electron chi connectivity index (χ3n) is 6.40. The Hall–Kier alpha value is -4.80. The van der Waals surface area contributed by atoms with Gasteiger partial charge in [-0.05, 0) is 24.3 Å². The van der Waals surface area contributed by atoms with Gasteiger partial charge in [-0.25, -0.2) is 9.37 Å². The number of hydrogen-bond donors (Lipinski definition) is 3. The molecule has 11 heteroatoms. The van der Waals surface area contributed by atoms with Gasteiger partial charge >= 0.3 is 0 Å². The van der Waals surface area contributed by atoms with Gasteiger partial charge in [-0.3, -0.25) is 19.2 Å². The Morgan fingerprint density at radius 2 is 1.68 bits per heavy atom. The van der Waals surface area contributed by atoms with E-state index in [2.05, 4.69) is 20.3 Å². The van der Waals surface area contributed by atoms with Gasteiger partial charge in [0.1, 0.15) is 17.3 Å². The molecule has 2 aromatic heterocycles. The maximum atomic E-state index is 14.9. The number of piperazine rings is 1. The first-order valence-electron chi connectivity index (χ1n) is 11.6. The molecule has 188 valence electrons. The van der Waals surface area contributed by atoms with Gasteiger partial charge in [0, 0.05) is 55.9 Å². The third kappa shape index (κ3) is 4.35. The van der Waals surface area contributed by atoms with Crippen molar-refractivity contribution in [1.82, 2.24) is 30.1 Å². The van der Waals surface area contributed by atoms with Crippen LogP contribution in [0.25, 0.3) is 22.3 Å². The van der Waals surface area contributed by atoms with Crippen molar-refractivity contribution in [3.05, 3.63) is 77.5 Å². The zero-order valence-corrected chi connectivity index (χ0v) is 19.9. The second-order valence-electron chi connectivity index (χ2n) is 8.55. The molecule has 10 nitrogen and oxygen atoms in total. The van der Waals surface area contributed by atoms with Crippen molar-refractivity contribution in [3.8, 4) is 11.4 Å². The molecule has 0 unspecified atom stereocenters. The maximum absolute atomic E-state index is 14.9. The number of imidazole rings is 1. The number of benzene rings is 2. The minimum absolute atomic E-state index is 0.0355. The van der Waals surface area contributed by atoms with Gasteiger partial charge in [0.25, 0.3) is 23.5 Å². The molecule has 0 spiro atoms. The molecule has 1 saturated heterocycles. The highest BCUT2D eigenvalue weighted by atomic mass is 19.1. The summed E-state index contributed by atoms with van der Waals surface area (Å²) in [4.78, 5) is 63.7. The molecule has 4 aromatic rings. The summed E-state index contributed by atoms with van der Waals surface area (Å²) in [6, 6.07) is 11.5. The number of ketones is 1. The SMILES string of the molecule is CNC(=O)c1cnc(-c2ccc(F)c3c(C(=O)C(=O)N4CCN(C(=O)c5ccccc5)CC4)c[nH]c23)[nH]1. The van der Waals surface area contributed by atoms with Crippen molar-refractivity contribution >= 4 is 34.4 Å². The minimum Gasteiger partial charge on any atom is -0.360 e. The van der Waals surface area contributed by atoms with Crippen LogP contribution in [0.4, 0.5) is 4.39 Å². The van der Waals surface area contributed by atoms with Crippen molar-refractivity contribution in [2.45, 2.75) is 0 Å². The molecule has 3 amide bonds. The van der Waals surface area contributed by atoms with Crippen molar-refractivity contribution in [2.75, 3.05) is 33.2 Å². The van der Waals surface area contributed by atoms with Crippen LogP contribution in [-0.2, 0) is 4.79 Å². The lowest BCUT2D eigenvalue weighted by molar-refractivity contribution is -0.127. The molecule has 3 heterocycles. The molecule has 0 aliphatic carbocycles. The van der Waals surface area contributed by atoms with Crippen LogP contribution in [0, 0.1) is 5.82 Å². The van der Waals surface area contributed by atoms with Gasteiger partial charge in [-0.2, -0.15) is 0 Å². The first kappa shape index (κ1) is 23.9. The zero-order valence-electron chi connectivity index (χ0n) is 19.9. The monoisotopic (exact) mass is 502 g/mol. The number of hydrogen-bond acceptors (Lipinski definition) is 5. The van der Waals surface area contributed by atoms with Crippen LogP contribution in [0.3, 0.4) is 0 Å². The topological polar surface area (TPSA) is 131 Å². The number of carbonyl (C=O) groups is 4. The molecule has 0 radical (unpaired) electrons. The number of rotatable bonds is 5. The van der Waals surface area contributed by atoms with Gasteiger partial charge < -0.3 is 25.1 Å². The molecule has 0 atom stereocenters. The summed E-state index contributed by atoms with van der Waals surface area (Å²) in [5, 5.41) is 2.45. The molecular weight excluding hydrogens is 479 g/mol. The average molecular weight is 503 g/mol. The number of nitrogens with one attached hydrogen (secondary N) is 3. The first-order chi connectivity index (χ1) is 17.9. The van der Waals surface area contributed by atoms with E-state index in [1.807, 2.05) is 6.07 Å². The summed E-state index contributed by atoms with van der Waals surface area (Å²) in [5.74, 6) is -2.49. The Labute approximate surface area is 210 Å². The van der Waals surface area contributed by atoms with Gasteiger partial charge in [0.05, 0.1) is 17.3 Å². The van der Waals surface area contributed by atoms with Crippen molar-refractivity contribution < 1.29 is 23.6 Å². The zero-order chi connectivity index (χ0) is 26.1. The standard InChI is InChI=1S/C26H23FN6O4/c1-28-24(35)19-14-30-23(31-19)16-7-8-18(27)20-17(13-29-21(16)20)22(34)26(37)33-11-9-32(10-12-33)25(36)15-5-3-2-4-6-15/h2-8,13-14,29H,9-12H2,1H3,(H,28,35)(H,30,31). The van der Waals surface area contributed by atoms with Gasteiger partial charge in [0.15, 0.2) is 0 Å². The minimum atomic E-state index is -0.851. The van der Waals surface area contributed by atoms with Crippen LogP contribution < -0.4 is 5.32 Å². The number of carbonyl (C=O) groups excluding carboxylic acids is 4. The molecule has 5 rings (SSSR count). The quantitative estimate of drug-likeness (QED) is 0.285. The molecule has 0 bridgehead atoms. The smallest absolute Gasteiger partial charge is 0.295 e. The van der Waals surface area contributed by atoms with E-state index in [-0.39, 0.29) is 60.2 Å². The Kier molecular flexibility index (Phi) is 6.26. The summed E-state index contributed by atoms with van der Waals surface area (Å²) >= 11 is 0. The molecule has 3 N–H and O–H groups in total. The summed E-state index contributed by atoms with van der Waals surface area (Å²) in [6.45, 7) is 0.943. The van der Waals surface area contributed by atoms with Gasteiger partial charge in [-0.15, -0.1) is 0 Å². The van der Waals surface area contributed by atoms with E-state index in [0.29, 0.717) is 17.0 Å². The lowest BCUT2D eigenvalue weighted by Crippen LogP contribution is -2.52. The fraction of sp³-hybridized carbons (Fsp3) is 0.192. The fourth-order valence-corrected chi connectivity index (χ4v) is 4.43. The first-order valence-corrected chi connectivity index (χ1v) is 11.6. The summed E-state index contributed by atoms with van der Waals surface area (Å²) < 4.78 is 14.9. The van der Waals surface area contributed by atoms with Crippen molar-refractivity contribution in [3.63, 3.8) is 0 Å². The van der Waals surface area contributed by atoms with E-state index in [1.165, 1.54) is 36.5 Å². The van der Waals surface area contributed by atoms with Crippen LogP contribution in [0.15, 0.2) is 54.9 Å². The van der Waals surface area contributed by atoms with E-state index >= 15 is 0 Å². The van der Waals surface area contributed by atoms with E-state index in [1.54, 1.807) is 29.2 Å². The molecule has 1 fully saturated rings. The Morgan fingerprint density at radius 3 is 2.38 bits per heavy atom. The number of aromatic amines is 2. The Balaban J connectivity index is 1.35. The number of aromatic nitrogens is 3. The maximum Gasteiger partial charge on any atom is 0.295 e. The van der Waals surface area contributed by atoms with Crippen molar-refractivity contribution in [2.24, 2.45) is 0 Å². The number of halogens is 1. The second-order valence-corrected chi connectivity index (χ2v) is 8.55. The van der Waals surface area contributed by atoms with Crippen LogP contribution in [0.2, 0.25) is 0 Å².